The summed E-state index contributed by atoms with van der Waals surface area (Å²) in [5, 5.41) is 0.619. The van der Waals surface area contributed by atoms with Crippen LogP contribution in [-0.2, 0) is 6.54 Å². The highest BCUT2D eigenvalue weighted by molar-refractivity contribution is 9.11. The van der Waals surface area contributed by atoms with Crippen molar-refractivity contribution in [2.75, 3.05) is 7.11 Å². The highest BCUT2D eigenvalue weighted by Gasteiger charge is 2.19. The zero-order valence-electron chi connectivity index (χ0n) is 12.6. The lowest BCUT2D eigenvalue weighted by atomic mass is 9.85. The average Bonchev–Trinajstić information content (AvgIpc) is 2.82. The van der Waals surface area contributed by atoms with Crippen molar-refractivity contribution in [3.8, 4) is 5.75 Å². The molecule has 0 aliphatic heterocycles. The molecule has 3 nitrogen and oxygen atoms in total. The van der Waals surface area contributed by atoms with Gasteiger partial charge in [0, 0.05) is 17.8 Å². The molecule has 7 heteroatoms. The lowest BCUT2D eigenvalue weighted by Crippen LogP contribution is -2.24. The van der Waals surface area contributed by atoms with Crippen LogP contribution in [0, 0.1) is 5.92 Å². The zero-order chi connectivity index (χ0) is 16.4. The van der Waals surface area contributed by atoms with Crippen molar-refractivity contribution in [3.63, 3.8) is 0 Å². The molecule has 3 rings (SSSR count). The third kappa shape index (κ3) is 4.05. The second-order valence-corrected chi connectivity index (χ2v) is 8.74. The van der Waals surface area contributed by atoms with Crippen LogP contribution < -0.4 is 9.54 Å². The predicted octanol–water partition coefficient (Wildman–Crippen LogP) is 5.05. The summed E-state index contributed by atoms with van der Waals surface area (Å²) in [5.41, 5.74) is 0.745. The SMILES string of the molecule is COc1ccc(Cl)cc1C(=S)N=c1sc(Br)cn1CC1CCC1. The zero-order valence-corrected chi connectivity index (χ0v) is 16.6. The first kappa shape index (κ1) is 17.1. The van der Waals surface area contributed by atoms with Crippen LogP contribution in [-0.4, -0.2) is 16.7 Å². The van der Waals surface area contributed by atoms with Crippen molar-refractivity contribution in [2.45, 2.75) is 25.8 Å². The molecular formula is C16H16BrClN2OS2. The van der Waals surface area contributed by atoms with Gasteiger partial charge in [0.05, 0.1) is 16.5 Å². The highest BCUT2D eigenvalue weighted by Crippen LogP contribution is 2.28. The Hall–Kier alpha value is -0.690. The minimum Gasteiger partial charge on any atom is -0.496 e. The molecule has 0 spiro atoms. The number of thiocarbonyl (C=S) groups is 1. The van der Waals surface area contributed by atoms with Gasteiger partial charge in [-0.3, -0.25) is 0 Å². The average molecular weight is 432 g/mol. The maximum atomic E-state index is 6.08. The van der Waals surface area contributed by atoms with Crippen molar-refractivity contribution in [3.05, 3.63) is 43.6 Å². The van der Waals surface area contributed by atoms with Crippen molar-refractivity contribution < 1.29 is 4.74 Å². The van der Waals surface area contributed by atoms with E-state index in [0.717, 1.165) is 26.6 Å². The first-order chi connectivity index (χ1) is 11.1. The summed E-state index contributed by atoms with van der Waals surface area (Å²) in [6.45, 7) is 0.996. The minimum absolute atomic E-state index is 0.487. The monoisotopic (exact) mass is 430 g/mol. The van der Waals surface area contributed by atoms with E-state index in [0.29, 0.717) is 15.8 Å². The summed E-state index contributed by atoms with van der Waals surface area (Å²) in [5.74, 6) is 1.44. The van der Waals surface area contributed by atoms with Gasteiger partial charge in [0.25, 0.3) is 0 Å². The Bertz CT molecular complexity index is 796. The fourth-order valence-electron chi connectivity index (χ4n) is 2.52. The molecule has 122 valence electrons. The first-order valence-electron chi connectivity index (χ1n) is 7.35. The van der Waals surface area contributed by atoms with Gasteiger partial charge >= 0.3 is 0 Å². The molecule has 1 saturated carbocycles. The maximum absolute atomic E-state index is 6.08. The number of aromatic nitrogens is 1. The lowest BCUT2D eigenvalue weighted by molar-refractivity contribution is 0.274. The molecule has 0 amide bonds. The van der Waals surface area contributed by atoms with E-state index in [2.05, 4.69) is 31.7 Å². The van der Waals surface area contributed by atoms with E-state index in [4.69, 9.17) is 28.6 Å². The molecule has 0 N–H and O–H groups in total. The number of benzene rings is 1. The normalized spacial score (nSPS) is 15.5. The standard InChI is InChI=1S/C16H16BrClN2OS2/c1-21-13-6-5-11(18)7-12(13)15(22)19-16-20(9-14(17)23-16)8-10-3-2-4-10/h5-7,9-10H,2-4,8H2,1H3. The molecule has 1 aliphatic rings. The molecule has 23 heavy (non-hydrogen) atoms. The summed E-state index contributed by atoms with van der Waals surface area (Å²) >= 11 is 16.7. The molecule has 1 aromatic carbocycles. The largest absolute Gasteiger partial charge is 0.496 e. The first-order valence-corrected chi connectivity index (χ1v) is 9.75. The highest BCUT2D eigenvalue weighted by atomic mass is 79.9. The third-order valence-electron chi connectivity index (χ3n) is 3.96. The Morgan fingerprint density at radius 3 is 2.96 bits per heavy atom. The maximum Gasteiger partial charge on any atom is 0.191 e. The van der Waals surface area contributed by atoms with Gasteiger partial charge in [-0.05, 0) is 52.9 Å². The summed E-state index contributed by atoms with van der Waals surface area (Å²) in [7, 11) is 1.62. The molecule has 0 saturated heterocycles. The molecule has 0 bridgehead atoms. The molecule has 0 radical (unpaired) electrons. The van der Waals surface area contributed by atoms with Gasteiger partial charge in [-0.25, -0.2) is 4.99 Å². The number of rotatable bonds is 4. The van der Waals surface area contributed by atoms with Crippen LogP contribution in [0.3, 0.4) is 0 Å². The van der Waals surface area contributed by atoms with E-state index in [9.17, 15) is 0 Å². The molecule has 1 heterocycles. The van der Waals surface area contributed by atoms with Gasteiger partial charge < -0.3 is 9.30 Å². The lowest BCUT2D eigenvalue weighted by Gasteiger charge is -2.25. The number of ether oxygens (including phenoxy) is 1. The fourth-order valence-corrected chi connectivity index (χ4v) is 4.41. The minimum atomic E-state index is 0.487. The van der Waals surface area contributed by atoms with Crippen molar-refractivity contribution in [1.29, 1.82) is 0 Å². The van der Waals surface area contributed by atoms with Crippen LogP contribution in [0.4, 0.5) is 0 Å². The molecule has 0 unspecified atom stereocenters. The number of halogens is 2. The van der Waals surface area contributed by atoms with Gasteiger partial charge in [-0.2, -0.15) is 0 Å². The van der Waals surface area contributed by atoms with E-state index in [1.165, 1.54) is 19.3 Å². The summed E-state index contributed by atoms with van der Waals surface area (Å²) in [4.78, 5) is 6.04. The number of hydrogen-bond donors (Lipinski definition) is 0. The second-order valence-electron chi connectivity index (χ2n) is 5.53. The van der Waals surface area contributed by atoms with Gasteiger partial charge in [0.15, 0.2) is 4.80 Å². The molecule has 1 aliphatic carbocycles. The number of methoxy groups -OCH3 is 1. The second kappa shape index (κ2) is 7.47. The Balaban J connectivity index is 1.94. The van der Waals surface area contributed by atoms with Crippen LogP contribution in [0.15, 0.2) is 33.2 Å². The topological polar surface area (TPSA) is 26.5 Å². The van der Waals surface area contributed by atoms with E-state index >= 15 is 0 Å². The smallest absolute Gasteiger partial charge is 0.191 e. The fraction of sp³-hybridized carbons (Fsp3) is 0.375. The number of nitrogens with zero attached hydrogens (tertiary/aromatic N) is 2. The van der Waals surface area contributed by atoms with Crippen LogP contribution in [0.25, 0.3) is 0 Å². The van der Waals surface area contributed by atoms with Crippen LogP contribution >= 0.6 is 51.1 Å². The van der Waals surface area contributed by atoms with Crippen LogP contribution in [0.5, 0.6) is 5.75 Å². The van der Waals surface area contributed by atoms with E-state index in [-0.39, 0.29) is 0 Å². The molecule has 2 aromatic rings. The summed E-state index contributed by atoms with van der Waals surface area (Å²) in [6, 6.07) is 5.39. The number of hydrogen-bond acceptors (Lipinski definition) is 3. The molecule has 1 fully saturated rings. The number of thiazole rings is 1. The van der Waals surface area contributed by atoms with E-state index in [1.807, 2.05) is 6.07 Å². The Labute approximate surface area is 158 Å². The molecule has 0 atom stereocenters. The Morgan fingerprint density at radius 1 is 1.52 bits per heavy atom. The van der Waals surface area contributed by atoms with Gasteiger partial charge in [-0.1, -0.05) is 41.6 Å². The molecular weight excluding hydrogens is 416 g/mol. The van der Waals surface area contributed by atoms with Crippen molar-refractivity contribution >= 4 is 56.1 Å². The van der Waals surface area contributed by atoms with Crippen LogP contribution in [0.1, 0.15) is 24.8 Å². The van der Waals surface area contributed by atoms with E-state index in [1.54, 1.807) is 30.6 Å². The molecule has 1 aromatic heterocycles. The quantitative estimate of drug-likeness (QED) is 0.633. The summed E-state index contributed by atoms with van der Waals surface area (Å²) in [6.07, 6.45) is 6.01. The van der Waals surface area contributed by atoms with E-state index < -0.39 is 0 Å². The van der Waals surface area contributed by atoms with Gasteiger partial charge in [0.2, 0.25) is 0 Å². The van der Waals surface area contributed by atoms with Crippen molar-refractivity contribution in [1.82, 2.24) is 4.57 Å². The summed E-state index contributed by atoms with van der Waals surface area (Å²) < 4.78 is 8.60. The third-order valence-corrected chi connectivity index (χ3v) is 6.01. The Kier molecular flexibility index (Phi) is 5.57. The Morgan fingerprint density at radius 2 is 2.30 bits per heavy atom. The van der Waals surface area contributed by atoms with Crippen LogP contribution in [0.2, 0.25) is 5.02 Å². The van der Waals surface area contributed by atoms with Crippen molar-refractivity contribution in [2.24, 2.45) is 10.9 Å². The van der Waals surface area contributed by atoms with Gasteiger partial charge in [0.1, 0.15) is 10.7 Å². The van der Waals surface area contributed by atoms with Gasteiger partial charge in [-0.15, -0.1) is 0 Å². The predicted molar refractivity (Wildman–Crippen MR) is 103 cm³/mol.